The molecule has 0 saturated heterocycles. The van der Waals surface area contributed by atoms with E-state index in [1.165, 1.54) is 6.07 Å². The van der Waals surface area contributed by atoms with Crippen LogP contribution in [-0.4, -0.2) is 17.6 Å². The predicted octanol–water partition coefficient (Wildman–Crippen LogP) is 2.56. The van der Waals surface area contributed by atoms with E-state index in [1.54, 1.807) is 6.07 Å². The summed E-state index contributed by atoms with van der Waals surface area (Å²) in [5, 5.41) is 12.7. The molecule has 78 valence electrons. The quantitative estimate of drug-likeness (QED) is 0.808. The fourth-order valence-corrected chi connectivity index (χ4v) is 1.45. The second-order valence-corrected chi connectivity index (χ2v) is 3.20. The van der Waals surface area contributed by atoms with Crippen molar-refractivity contribution in [1.29, 1.82) is 0 Å². The van der Waals surface area contributed by atoms with Crippen LogP contribution < -0.4 is 5.32 Å². The number of hydrogen-bond donors (Lipinski definition) is 2. The zero-order chi connectivity index (χ0) is 10.8. The van der Waals surface area contributed by atoms with Crippen molar-refractivity contribution in [3.63, 3.8) is 0 Å². The molecule has 0 spiro atoms. The van der Waals surface area contributed by atoms with Crippen molar-refractivity contribution >= 4 is 22.6 Å². The Morgan fingerprint density at radius 1 is 1.47 bits per heavy atom. The Kier molecular flexibility index (Phi) is 2.33. The molecule has 0 saturated carbocycles. The fourth-order valence-electron chi connectivity index (χ4n) is 1.45. The van der Waals surface area contributed by atoms with Crippen molar-refractivity contribution < 1.29 is 14.3 Å². The second kappa shape index (κ2) is 3.65. The van der Waals surface area contributed by atoms with Gasteiger partial charge in [-0.15, -0.1) is 0 Å². The van der Waals surface area contributed by atoms with E-state index in [0.29, 0.717) is 5.58 Å². The van der Waals surface area contributed by atoms with Crippen molar-refractivity contribution in [1.82, 2.24) is 0 Å². The Bertz CT molecular complexity index is 502. The average molecular weight is 205 g/mol. The van der Waals surface area contributed by atoms with Crippen LogP contribution in [0.25, 0.3) is 11.0 Å². The summed E-state index contributed by atoms with van der Waals surface area (Å²) in [5.74, 6) is -1.07. The topological polar surface area (TPSA) is 62.5 Å². The lowest BCUT2D eigenvalue weighted by Crippen LogP contribution is -1.95. The van der Waals surface area contributed by atoms with Crippen LogP contribution in [0.3, 0.4) is 0 Å². The number of nitrogens with one attached hydrogen (secondary N) is 1. The number of carbonyl (C=O) groups is 1. The van der Waals surface area contributed by atoms with Gasteiger partial charge < -0.3 is 14.8 Å². The van der Waals surface area contributed by atoms with Crippen molar-refractivity contribution in [3.05, 3.63) is 30.0 Å². The highest BCUT2D eigenvalue weighted by atomic mass is 16.4. The number of aromatic carboxylic acids is 1. The smallest absolute Gasteiger partial charge is 0.371 e. The maximum atomic E-state index is 10.7. The normalized spacial score (nSPS) is 10.5. The monoisotopic (exact) mass is 205 g/mol. The molecule has 0 aliphatic carbocycles. The van der Waals surface area contributed by atoms with Gasteiger partial charge in [0.05, 0.1) is 0 Å². The largest absolute Gasteiger partial charge is 0.475 e. The first-order valence-corrected chi connectivity index (χ1v) is 4.71. The lowest BCUT2D eigenvalue weighted by molar-refractivity contribution is 0.0665. The van der Waals surface area contributed by atoms with Crippen LogP contribution >= 0.6 is 0 Å². The summed E-state index contributed by atoms with van der Waals surface area (Å²) < 4.78 is 5.18. The Labute approximate surface area is 86.5 Å². The van der Waals surface area contributed by atoms with E-state index < -0.39 is 5.97 Å². The molecule has 0 aliphatic rings. The average Bonchev–Trinajstić information content (AvgIpc) is 2.61. The molecule has 1 aromatic heterocycles. The minimum atomic E-state index is -1.05. The predicted molar refractivity (Wildman–Crippen MR) is 57.3 cm³/mol. The van der Waals surface area contributed by atoms with Gasteiger partial charge in [0.15, 0.2) is 0 Å². The van der Waals surface area contributed by atoms with Crippen molar-refractivity contribution in [2.75, 3.05) is 11.9 Å². The number of rotatable bonds is 3. The van der Waals surface area contributed by atoms with Gasteiger partial charge in [-0.2, -0.15) is 0 Å². The zero-order valence-corrected chi connectivity index (χ0v) is 8.28. The molecule has 4 nitrogen and oxygen atoms in total. The van der Waals surface area contributed by atoms with Crippen LogP contribution in [0, 0.1) is 0 Å². The number of furan rings is 1. The summed E-state index contributed by atoms with van der Waals surface area (Å²) >= 11 is 0. The van der Waals surface area contributed by atoms with Crippen molar-refractivity contribution in [2.45, 2.75) is 6.92 Å². The van der Waals surface area contributed by atoms with E-state index in [2.05, 4.69) is 5.32 Å². The summed E-state index contributed by atoms with van der Waals surface area (Å²) in [6.45, 7) is 2.81. The first-order chi connectivity index (χ1) is 7.20. The third-order valence-corrected chi connectivity index (χ3v) is 2.11. The highest BCUT2D eigenvalue weighted by Gasteiger charge is 2.10. The number of hydrogen-bond acceptors (Lipinski definition) is 3. The van der Waals surface area contributed by atoms with Crippen LogP contribution in [0.1, 0.15) is 17.5 Å². The van der Waals surface area contributed by atoms with Gasteiger partial charge in [-0.1, -0.05) is 0 Å². The van der Waals surface area contributed by atoms with Crippen LogP contribution in [0.15, 0.2) is 28.7 Å². The molecule has 4 heteroatoms. The van der Waals surface area contributed by atoms with Gasteiger partial charge in [0, 0.05) is 23.7 Å². The number of anilines is 1. The van der Waals surface area contributed by atoms with Gasteiger partial charge in [-0.25, -0.2) is 4.79 Å². The maximum absolute atomic E-state index is 10.7. The van der Waals surface area contributed by atoms with Gasteiger partial charge in [-0.05, 0) is 25.1 Å². The summed E-state index contributed by atoms with van der Waals surface area (Å²) in [6, 6.07) is 7.05. The SMILES string of the molecule is CCNc1ccc2cc(C(=O)O)oc2c1. The number of fused-ring (bicyclic) bond motifs is 1. The Morgan fingerprint density at radius 2 is 2.27 bits per heavy atom. The second-order valence-electron chi connectivity index (χ2n) is 3.20. The van der Waals surface area contributed by atoms with E-state index in [-0.39, 0.29) is 5.76 Å². The molecule has 0 atom stereocenters. The van der Waals surface area contributed by atoms with E-state index in [4.69, 9.17) is 9.52 Å². The van der Waals surface area contributed by atoms with E-state index >= 15 is 0 Å². The molecule has 15 heavy (non-hydrogen) atoms. The lowest BCUT2D eigenvalue weighted by atomic mass is 10.2. The summed E-state index contributed by atoms with van der Waals surface area (Å²) in [6.07, 6.45) is 0. The van der Waals surface area contributed by atoms with Gasteiger partial charge in [0.2, 0.25) is 5.76 Å². The lowest BCUT2D eigenvalue weighted by Gasteiger charge is -2.00. The highest BCUT2D eigenvalue weighted by molar-refractivity contribution is 5.92. The van der Waals surface area contributed by atoms with Gasteiger partial charge in [0.1, 0.15) is 5.58 Å². The molecule has 2 rings (SSSR count). The molecule has 0 aliphatic heterocycles. The summed E-state index contributed by atoms with van der Waals surface area (Å²) in [7, 11) is 0. The third kappa shape index (κ3) is 1.79. The van der Waals surface area contributed by atoms with E-state index in [1.807, 2.05) is 19.1 Å². The Balaban J connectivity index is 2.47. The van der Waals surface area contributed by atoms with Crippen LogP contribution in [0.5, 0.6) is 0 Å². The van der Waals surface area contributed by atoms with E-state index in [9.17, 15) is 4.79 Å². The summed E-state index contributed by atoms with van der Waals surface area (Å²) in [5.41, 5.74) is 1.52. The number of carboxylic acids is 1. The fraction of sp³-hybridized carbons (Fsp3) is 0.182. The molecular formula is C11H11NO3. The molecule has 2 N–H and O–H groups in total. The minimum absolute atomic E-state index is 0.0290. The first-order valence-electron chi connectivity index (χ1n) is 4.71. The molecule has 0 unspecified atom stereocenters. The highest BCUT2D eigenvalue weighted by Crippen LogP contribution is 2.22. The molecular weight excluding hydrogens is 194 g/mol. The maximum Gasteiger partial charge on any atom is 0.371 e. The van der Waals surface area contributed by atoms with Crippen LogP contribution in [0.4, 0.5) is 5.69 Å². The molecule has 0 radical (unpaired) electrons. The Hall–Kier alpha value is -1.97. The van der Waals surface area contributed by atoms with Crippen molar-refractivity contribution in [3.8, 4) is 0 Å². The molecule has 0 bridgehead atoms. The first kappa shape index (κ1) is 9.58. The zero-order valence-electron chi connectivity index (χ0n) is 8.28. The van der Waals surface area contributed by atoms with E-state index in [0.717, 1.165) is 17.6 Å². The molecule has 0 amide bonds. The van der Waals surface area contributed by atoms with Gasteiger partial charge in [0.25, 0.3) is 0 Å². The molecule has 0 fully saturated rings. The standard InChI is InChI=1S/C11H11NO3/c1-2-12-8-4-3-7-5-10(11(13)14)15-9(7)6-8/h3-6,12H,2H2,1H3,(H,13,14). The minimum Gasteiger partial charge on any atom is -0.475 e. The van der Waals surface area contributed by atoms with Gasteiger partial charge >= 0.3 is 5.97 Å². The molecule has 1 aromatic carbocycles. The summed E-state index contributed by atoms with van der Waals surface area (Å²) in [4.78, 5) is 10.7. The number of benzene rings is 1. The third-order valence-electron chi connectivity index (χ3n) is 2.11. The number of carboxylic acid groups (broad SMARTS) is 1. The molecule has 2 aromatic rings. The molecule has 1 heterocycles. The van der Waals surface area contributed by atoms with Crippen LogP contribution in [-0.2, 0) is 0 Å². The van der Waals surface area contributed by atoms with Crippen molar-refractivity contribution in [2.24, 2.45) is 0 Å². The van der Waals surface area contributed by atoms with Gasteiger partial charge in [-0.3, -0.25) is 0 Å². The van der Waals surface area contributed by atoms with Crippen LogP contribution in [0.2, 0.25) is 0 Å². The Morgan fingerprint density at radius 3 is 2.93 bits per heavy atom.